The van der Waals surface area contributed by atoms with Gasteiger partial charge in [0.05, 0.1) is 65.6 Å². The van der Waals surface area contributed by atoms with E-state index < -0.39 is 48.5 Å². The minimum Gasteiger partial charge on any atom is -0.347 e. The highest BCUT2D eigenvalue weighted by Crippen LogP contribution is 2.74. The Morgan fingerprint density at radius 2 is 0.730 bits per heavy atom. The number of nitriles is 1. The van der Waals surface area contributed by atoms with Crippen LogP contribution in [0.1, 0.15) is 373 Å². The van der Waals surface area contributed by atoms with Crippen molar-refractivity contribution in [3.05, 3.63) is 93.1 Å². The summed E-state index contributed by atoms with van der Waals surface area (Å²) in [7, 11) is -6.91. The third-order valence-corrected chi connectivity index (χ3v) is 61.8. The summed E-state index contributed by atoms with van der Waals surface area (Å²) in [5.41, 5.74) is 20.4. The summed E-state index contributed by atoms with van der Waals surface area (Å²) in [5.74, 6) is 20.4. The van der Waals surface area contributed by atoms with Crippen LogP contribution in [0.4, 0.5) is 0 Å². The van der Waals surface area contributed by atoms with Crippen LogP contribution in [0.15, 0.2) is 81.7 Å². The molecule has 17 rings (SSSR count). The fraction of sp³-hybridized carbons (Fsp3) is 0.752. The molecule has 0 bridgehead atoms. The molecule has 0 aromatic heterocycles. The minimum absolute atomic E-state index is 0. The van der Waals surface area contributed by atoms with Gasteiger partial charge in [-0.05, 0) is 272 Å². The van der Waals surface area contributed by atoms with Crippen molar-refractivity contribution in [2.45, 2.75) is 457 Å². The van der Waals surface area contributed by atoms with Crippen LogP contribution in [0.2, 0.25) is 72.5 Å². The SMILES string of the molecule is C#C[C@]12CCCC=C1[C@@]1(C)CCC3(OCCO3)C(C)(C)C1CC2.CC1(C)C(=O)CC[C@]2(C)C3=CC(=O)CC[C@]3(C#C[Si](C)(C)C(C)(C)C)CCC12.CC1(C)C(=O)CC[C@]2(C)C3=CCCC[C@]3(C#C[Si](C)(C)C(C)(C)C)CCC12.CC1(C)C2CC[C@@]3(C#C[Si](C)(C)C(C)(C)C)CCCC=C3[C@@]2(C)CCC12OCCO2.I.[C-]#[N+]C1=C[C@]2(C)C3=CC(=O)C(C#N)=C[C@]3(C#C[Si](C)(C)C(C)(C)C)CCC2C(C)(C)C1=O. The lowest BCUT2D eigenvalue weighted by Gasteiger charge is -2.64. The zero-order valence-corrected chi connectivity index (χ0v) is 101. The molecule has 772 valence electrons. The molecule has 17 aliphatic rings. The summed E-state index contributed by atoms with van der Waals surface area (Å²) in [5, 5.41) is 10.5. The predicted octanol–water partition coefficient (Wildman–Crippen LogP) is 31.3. The van der Waals surface area contributed by atoms with Crippen LogP contribution in [0, 0.1) is 187 Å². The van der Waals surface area contributed by atoms with Crippen LogP contribution in [0.5, 0.6) is 0 Å². The van der Waals surface area contributed by atoms with E-state index in [4.69, 9.17) is 31.9 Å². The smallest absolute Gasteiger partial charge is 0.226 e. The fourth-order valence-electron chi connectivity index (χ4n) is 30.6. The lowest BCUT2D eigenvalue weighted by atomic mass is 9.43. The molecule has 141 heavy (non-hydrogen) atoms. The van der Waals surface area contributed by atoms with Gasteiger partial charge in [0, 0.05) is 64.6 Å². The van der Waals surface area contributed by atoms with Gasteiger partial charge in [0.1, 0.15) is 49.9 Å². The third kappa shape index (κ3) is 19.2. The summed E-state index contributed by atoms with van der Waals surface area (Å²) >= 11 is 0. The normalized spacial score (nSPS) is 36.2. The Morgan fingerprint density at radius 1 is 0.390 bits per heavy atom. The Kier molecular flexibility index (Phi) is 31.1. The molecule has 0 N–H and O–H groups in total. The molecule has 11 nitrogen and oxygen atoms in total. The molecule has 15 aliphatic carbocycles. The van der Waals surface area contributed by atoms with Crippen molar-refractivity contribution in [2.24, 2.45) is 111 Å². The van der Waals surface area contributed by atoms with Crippen LogP contribution in [-0.4, -0.2) is 99.2 Å². The van der Waals surface area contributed by atoms with Gasteiger partial charge in [0.15, 0.2) is 28.9 Å². The van der Waals surface area contributed by atoms with E-state index in [2.05, 4.69) is 299 Å². The molecule has 0 radical (unpaired) electrons. The van der Waals surface area contributed by atoms with Crippen molar-refractivity contribution in [3.63, 3.8) is 0 Å². The molecule has 2 saturated heterocycles. The summed E-state index contributed by atoms with van der Waals surface area (Å²) in [6.45, 7) is 91.2. The third-order valence-electron chi connectivity index (χ3n) is 43.8. The first-order valence-corrected chi connectivity index (χ1v) is 66.9. The van der Waals surface area contributed by atoms with Crippen molar-refractivity contribution in [3.8, 4) is 64.3 Å². The number of carbonyl (C=O) groups excluding carboxylic acids is 5. The van der Waals surface area contributed by atoms with Crippen molar-refractivity contribution >= 4 is 85.2 Å². The van der Waals surface area contributed by atoms with Crippen LogP contribution >= 0.6 is 24.0 Å². The average molecular weight is 2100 g/mol. The fourth-order valence-corrected chi connectivity index (χ4v) is 34.3. The summed E-state index contributed by atoms with van der Waals surface area (Å²) < 4.78 is 25.0. The molecular weight excluding hydrogens is 1910 g/mol. The lowest BCUT2D eigenvalue weighted by Crippen LogP contribution is -2.61. The van der Waals surface area contributed by atoms with Gasteiger partial charge in [-0.3, -0.25) is 19.2 Å². The number of allylic oxidation sites excluding steroid dienone is 14. The van der Waals surface area contributed by atoms with E-state index in [1.165, 1.54) is 82.6 Å². The van der Waals surface area contributed by atoms with E-state index in [1.54, 1.807) is 34.9 Å². The number of Topliss-reactive ketones (excluding diaryl/α,β-unsaturated/α-hetero) is 3. The second-order valence-corrected chi connectivity index (χ2v) is 77.3. The van der Waals surface area contributed by atoms with E-state index >= 15 is 0 Å². The van der Waals surface area contributed by atoms with Crippen LogP contribution in [0.3, 0.4) is 0 Å². The first kappa shape index (κ1) is 114. The summed E-state index contributed by atoms with van der Waals surface area (Å²) in [6.07, 6.45) is 51.3. The molecule has 2 heterocycles. The monoisotopic (exact) mass is 2100 g/mol. The molecule has 5 unspecified atom stereocenters. The van der Waals surface area contributed by atoms with Gasteiger partial charge in [-0.25, -0.2) is 4.85 Å². The number of hydrogen-bond acceptors (Lipinski definition) is 10. The highest BCUT2D eigenvalue weighted by atomic mass is 127. The molecule has 11 fully saturated rings. The molecule has 0 amide bonds. The van der Waals surface area contributed by atoms with E-state index in [0.717, 1.165) is 122 Å². The van der Waals surface area contributed by atoms with Crippen LogP contribution in [-0.2, 0) is 42.9 Å². The molecule has 0 aromatic carbocycles. The van der Waals surface area contributed by atoms with E-state index in [9.17, 15) is 29.2 Å². The van der Waals surface area contributed by atoms with Crippen molar-refractivity contribution in [1.29, 1.82) is 5.26 Å². The maximum atomic E-state index is 13.0. The molecule has 2 spiro atoms. The minimum atomic E-state index is -1.95. The number of hydrogen-bond donors (Lipinski definition) is 0. The lowest BCUT2D eigenvalue weighted by molar-refractivity contribution is -0.284. The Bertz CT molecular complexity index is 5620. The second-order valence-electron chi connectivity index (χ2n) is 57.3. The molecule has 0 aromatic rings. The Hall–Kier alpha value is -5.25. The highest BCUT2D eigenvalue weighted by Gasteiger charge is 2.70. The van der Waals surface area contributed by atoms with Gasteiger partial charge in [0.2, 0.25) is 5.70 Å². The Balaban J connectivity index is 0.000000158. The maximum Gasteiger partial charge on any atom is 0.226 e. The van der Waals surface area contributed by atoms with E-state index in [0.29, 0.717) is 64.6 Å². The van der Waals surface area contributed by atoms with Crippen molar-refractivity contribution < 1.29 is 42.9 Å². The van der Waals surface area contributed by atoms with E-state index in [-0.39, 0.29) is 145 Å². The van der Waals surface area contributed by atoms with Gasteiger partial charge in [-0.15, -0.1) is 52.6 Å². The number of terminal acetylenes is 1. The van der Waals surface area contributed by atoms with Crippen molar-refractivity contribution in [2.75, 3.05) is 26.4 Å². The van der Waals surface area contributed by atoms with Gasteiger partial charge in [-0.2, -0.15) is 5.26 Å². The van der Waals surface area contributed by atoms with Gasteiger partial charge >= 0.3 is 0 Å². The molecular formula is C125H185IN2O9Si4. The van der Waals surface area contributed by atoms with Gasteiger partial charge in [-0.1, -0.05) is 293 Å². The topological polar surface area (TPSA) is 150 Å². The van der Waals surface area contributed by atoms with E-state index in [1.807, 2.05) is 26.8 Å². The maximum absolute atomic E-state index is 13.0. The summed E-state index contributed by atoms with van der Waals surface area (Å²) in [4.78, 5) is 67.2. The zero-order chi connectivity index (χ0) is 104. The zero-order valence-electron chi connectivity index (χ0n) is 94.8. The summed E-state index contributed by atoms with van der Waals surface area (Å²) in [6, 6.07) is 2.06. The Morgan fingerprint density at radius 3 is 1.11 bits per heavy atom. The first-order chi connectivity index (χ1) is 64.2. The number of ketones is 5. The molecule has 15 atom stereocenters. The Labute approximate surface area is 878 Å². The highest BCUT2D eigenvalue weighted by molar-refractivity contribution is 14.0. The van der Waals surface area contributed by atoms with Gasteiger partial charge in [0.25, 0.3) is 0 Å². The number of carbonyl (C=O) groups is 5. The quantitative estimate of drug-likeness (QED) is 0.0754. The largest absolute Gasteiger partial charge is 0.347 e. The van der Waals surface area contributed by atoms with Gasteiger partial charge < -0.3 is 23.7 Å². The number of halogens is 1. The first-order valence-electron chi connectivity index (χ1n) is 54.9. The number of nitrogens with zero attached hydrogens (tertiary/aromatic N) is 2. The molecule has 9 saturated carbocycles. The molecule has 16 heteroatoms. The van der Waals surface area contributed by atoms with Crippen LogP contribution in [0.25, 0.3) is 4.85 Å². The standard InChI is InChI=1S/C27H32N2O2Si.C27H44O2Si.C25H38O2Si.C25H40OSi.C21H30O2.HI/c1-24(2,3)32(8,9)13-12-27-11-10-21-25(4,5)23(31)19(29-7)16-26(21,6)22(27)14-20(30)18(15-27)17-28;1-23(2,3)30(7,8)20-17-26-13-10-9-11-22(26)25(6)15-16-27(28-18-19-29-27)24(4,5)21(25)12-14-26;1-22(2,3)28(7,8)16-15-25-13-9-18(26)17-20(25)24(6)12-11-21(27)23(4,5)19(24)10-14-25;1-22(2,3)27(7,8)18-17-25-14-10-9-11-20(25)24(6)15-13-21(26)23(4,5)19(24)12-16-25;1-5-20-10-7-6-8-17(20)19(4)12-13-21(22-14-15-23-21)18(2,3)16(19)9-11-20;/h14-16,21H,10-11H2,1-6,8-9H3;11,21H,9-10,12-16,18-19H2,1-8H3;17,19H,9-14H2,1-8H3;11,19H,9-10,12-16H2,1-8H3;1,8,16H,6-7,9-15H2,2-4H3;1H/t21?,26-,27+;21?,25-,26+;2*19?,24-,25+;16?,19-,20+;/m00000./s1. The average Bonchev–Trinajstić information content (AvgIpc) is 1.55. The molecule has 2 aliphatic heterocycles. The number of rotatable bonds is 0. The number of fused-ring (bicyclic) bond motifs is 15. The second kappa shape index (κ2) is 38.3. The van der Waals surface area contributed by atoms with Crippen LogP contribution < -0.4 is 0 Å². The van der Waals surface area contributed by atoms with Crippen molar-refractivity contribution in [1.82, 2.24) is 0 Å². The number of ether oxygens (including phenoxy) is 4. The predicted molar refractivity (Wildman–Crippen MR) is 600 cm³/mol.